The number of hydrogen-bond acceptors (Lipinski definition) is 3. The molecule has 4 rings (SSSR count). The van der Waals surface area contributed by atoms with Crippen LogP contribution in [-0.2, 0) is 6.42 Å². The monoisotopic (exact) mass is 414 g/mol. The lowest BCUT2D eigenvalue weighted by Gasteiger charge is -2.18. The number of aromatic amines is 1. The molecule has 0 aliphatic carbocycles. The van der Waals surface area contributed by atoms with E-state index in [1.165, 1.54) is 12.1 Å². The number of nitrogens with zero attached hydrogens (tertiary/aromatic N) is 1. The summed E-state index contributed by atoms with van der Waals surface area (Å²) in [6.45, 7) is 0.270. The SMILES string of the molecule is NC[C@@H](Cc1ccccc1)NC(=O)c1cccc(F)c1-c1cc(-c2ccccc2)[nH]n1. The van der Waals surface area contributed by atoms with Crippen LogP contribution in [0.1, 0.15) is 15.9 Å². The van der Waals surface area contributed by atoms with Crippen LogP contribution in [0.3, 0.4) is 0 Å². The van der Waals surface area contributed by atoms with Crippen LogP contribution in [0.2, 0.25) is 0 Å². The molecule has 4 N–H and O–H groups in total. The van der Waals surface area contributed by atoms with Crippen molar-refractivity contribution in [3.63, 3.8) is 0 Å². The first-order valence-electron chi connectivity index (χ1n) is 10.1. The topological polar surface area (TPSA) is 83.8 Å². The number of halogens is 1. The Kier molecular flexibility index (Phi) is 6.19. The van der Waals surface area contributed by atoms with Crippen LogP contribution in [0, 0.1) is 5.82 Å². The van der Waals surface area contributed by atoms with Gasteiger partial charge in [-0.2, -0.15) is 5.10 Å². The van der Waals surface area contributed by atoms with Crippen LogP contribution >= 0.6 is 0 Å². The van der Waals surface area contributed by atoms with Gasteiger partial charge in [0.15, 0.2) is 0 Å². The Morgan fingerprint density at radius 1 is 1.00 bits per heavy atom. The first-order chi connectivity index (χ1) is 15.2. The molecule has 0 saturated heterocycles. The van der Waals surface area contributed by atoms with E-state index in [1.807, 2.05) is 60.7 Å². The number of carbonyl (C=O) groups is 1. The summed E-state index contributed by atoms with van der Waals surface area (Å²) in [6.07, 6.45) is 0.592. The molecule has 0 saturated carbocycles. The summed E-state index contributed by atoms with van der Waals surface area (Å²) in [4.78, 5) is 13.1. The fraction of sp³-hybridized carbons (Fsp3) is 0.120. The Balaban J connectivity index is 1.60. The molecule has 5 nitrogen and oxygen atoms in total. The van der Waals surface area contributed by atoms with Crippen molar-refractivity contribution in [2.45, 2.75) is 12.5 Å². The maximum Gasteiger partial charge on any atom is 0.252 e. The van der Waals surface area contributed by atoms with Gasteiger partial charge in [-0.25, -0.2) is 4.39 Å². The zero-order valence-electron chi connectivity index (χ0n) is 16.9. The van der Waals surface area contributed by atoms with Gasteiger partial charge in [-0.15, -0.1) is 0 Å². The van der Waals surface area contributed by atoms with Gasteiger partial charge in [-0.1, -0.05) is 66.7 Å². The fourth-order valence-corrected chi connectivity index (χ4v) is 3.54. The van der Waals surface area contributed by atoms with Crippen molar-refractivity contribution in [3.8, 4) is 22.5 Å². The van der Waals surface area contributed by atoms with E-state index in [9.17, 15) is 9.18 Å². The highest BCUT2D eigenvalue weighted by atomic mass is 19.1. The van der Waals surface area contributed by atoms with E-state index in [-0.39, 0.29) is 29.6 Å². The zero-order valence-corrected chi connectivity index (χ0v) is 16.9. The van der Waals surface area contributed by atoms with Crippen molar-refractivity contribution in [2.75, 3.05) is 6.54 Å². The van der Waals surface area contributed by atoms with Crippen molar-refractivity contribution < 1.29 is 9.18 Å². The van der Waals surface area contributed by atoms with Gasteiger partial charge in [-0.3, -0.25) is 9.89 Å². The summed E-state index contributed by atoms with van der Waals surface area (Å²) in [5.74, 6) is -0.892. The summed E-state index contributed by atoms with van der Waals surface area (Å²) < 4.78 is 14.8. The van der Waals surface area contributed by atoms with Gasteiger partial charge in [0.05, 0.1) is 22.5 Å². The fourth-order valence-electron chi connectivity index (χ4n) is 3.54. The lowest BCUT2D eigenvalue weighted by Crippen LogP contribution is -2.41. The van der Waals surface area contributed by atoms with E-state index in [0.717, 1.165) is 16.8 Å². The molecule has 1 heterocycles. The molecule has 4 aromatic rings. The Morgan fingerprint density at radius 2 is 1.71 bits per heavy atom. The third-order valence-electron chi connectivity index (χ3n) is 5.12. The number of H-pyrrole nitrogens is 1. The Morgan fingerprint density at radius 3 is 2.42 bits per heavy atom. The number of rotatable bonds is 7. The Labute approximate surface area is 180 Å². The molecular formula is C25H23FN4O. The molecule has 6 heteroatoms. The van der Waals surface area contributed by atoms with Gasteiger partial charge in [-0.05, 0) is 35.7 Å². The summed E-state index contributed by atoms with van der Waals surface area (Å²) >= 11 is 0. The standard InChI is InChI=1S/C25H23FN4O/c26-21-13-7-12-20(25(31)28-19(16-27)14-17-8-3-1-4-9-17)24(21)23-15-22(29-30-23)18-10-5-2-6-11-18/h1-13,15,19H,14,16,27H2,(H,28,31)(H,29,30)/t19-/m1/s1. The molecule has 0 aliphatic heterocycles. The summed E-state index contributed by atoms with van der Waals surface area (Å²) in [5.41, 5.74) is 9.38. The quantitative estimate of drug-likeness (QED) is 0.424. The number of aromatic nitrogens is 2. The largest absolute Gasteiger partial charge is 0.348 e. The molecule has 0 bridgehead atoms. The molecular weight excluding hydrogens is 391 g/mol. The number of amides is 1. The predicted molar refractivity (Wildman–Crippen MR) is 120 cm³/mol. The van der Waals surface area contributed by atoms with E-state index in [1.54, 1.807) is 12.1 Å². The highest BCUT2D eigenvalue weighted by Crippen LogP contribution is 2.29. The van der Waals surface area contributed by atoms with E-state index >= 15 is 0 Å². The molecule has 1 atom stereocenters. The second-order valence-electron chi connectivity index (χ2n) is 7.29. The summed E-state index contributed by atoms with van der Waals surface area (Å²) in [7, 11) is 0. The van der Waals surface area contributed by atoms with Crippen LogP contribution in [0.25, 0.3) is 22.5 Å². The minimum Gasteiger partial charge on any atom is -0.348 e. The summed E-state index contributed by atoms with van der Waals surface area (Å²) in [5, 5.41) is 10.1. The van der Waals surface area contributed by atoms with E-state index in [4.69, 9.17) is 5.73 Å². The molecule has 0 unspecified atom stereocenters. The zero-order chi connectivity index (χ0) is 21.6. The third kappa shape index (κ3) is 4.70. The maximum absolute atomic E-state index is 14.8. The third-order valence-corrected chi connectivity index (χ3v) is 5.12. The lowest BCUT2D eigenvalue weighted by molar-refractivity contribution is 0.0938. The van der Waals surface area contributed by atoms with E-state index in [0.29, 0.717) is 12.1 Å². The second-order valence-corrected chi connectivity index (χ2v) is 7.29. The molecule has 31 heavy (non-hydrogen) atoms. The van der Waals surface area contributed by atoms with Crippen molar-refractivity contribution in [3.05, 3.63) is 102 Å². The highest BCUT2D eigenvalue weighted by molar-refractivity contribution is 6.01. The van der Waals surface area contributed by atoms with Crippen molar-refractivity contribution in [1.29, 1.82) is 0 Å². The minimum absolute atomic E-state index is 0.161. The molecule has 1 amide bonds. The van der Waals surface area contributed by atoms with Gasteiger partial charge in [0.2, 0.25) is 0 Å². The maximum atomic E-state index is 14.8. The number of benzene rings is 3. The van der Waals surface area contributed by atoms with Gasteiger partial charge in [0, 0.05) is 12.6 Å². The van der Waals surface area contributed by atoms with Crippen LogP contribution in [0.15, 0.2) is 84.9 Å². The van der Waals surface area contributed by atoms with Crippen LogP contribution in [-0.4, -0.2) is 28.7 Å². The molecule has 3 aromatic carbocycles. The van der Waals surface area contributed by atoms with Crippen molar-refractivity contribution in [2.24, 2.45) is 5.73 Å². The van der Waals surface area contributed by atoms with Gasteiger partial charge < -0.3 is 11.1 Å². The molecule has 0 spiro atoms. The lowest BCUT2D eigenvalue weighted by atomic mass is 10.0. The summed E-state index contributed by atoms with van der Waals surface area (Å²) in [6, 6.07) is 25.3. The smallest absolute Gasteiger partial charge is 0.252 e. The van der Waals surface area contributed by atoms with Crippen molar-refractivity contribution >= 4 is 5.91 Å². The molecule has 156 valence electrons. The van der Waals surface area contributed by atoms with Gasteiger partial charge >= 0.3 is 0 Å². The van der Waals surface area contributed by atoms with Gasteiger partial charge in [0.25, 0.3) is 5.91 Å². The predicted octanol–water partition coefficient (Wildman–Crippen LogP) is 4.18. The second kappa shape index (κ2) is 9.36. The average Bonchev–Trinajstić information content (AvgIpc) is 3.29. The highest BCUT2D eigenvalue weighted by Gasteiger charge is 2.21. The molecule has 0 aliphatic rings. The molecule has 0 fully saturated rings. The number of carbonyl (C=O) groups excluding carboxylic acids is 1. The first kappa shape index (κ1) is 20.5. The normalized spacial score (nSPS) is 11.8. The minimum atomic E-state index is -0.508. The number of nitrogens with one attached hydrogen (secondary N) is 2. The van der Waals surface area contributed by atoms with E-state index < -0.39 is 5.82 Å². The Hall–Kier alpha value is -3.77. The Bertz CT molecular complexity index is 1160. The van der Waals surface area contributed by atoms with Crippen LogP contribution in [0.5, 0.6) is 0 Å². The molecule has 1 aromatic heterocycles. The number of nitrogens with two attached hydrogens (primary N) is 1. The van der Waals surface area contributed by atoms with E-state index in [2.05, 4.69) is 15.5 Å². The van der Waals surface area contributed by atoms with Crippen LogP contribution < -0.4 is 11.1 Å². The number of hydrogen-bond donors (Lipinski definition) is 3. The molecule has 0 radical (unpaired) electrons. The van der Waals surface area contributed by atoms with Crippen LogP contribution in [0.4, 0.5) is 4.39 Å². The first-order valence-corrected chi connectivity index (χ1v) is 10.1. The average molecular weight is 414 g/mol. The van der Waals surface area contributed by atoms with Crippen molar-refractivity contribution in [1.82, 2.24) is 15.5 Å². The van der Waals surface area contributed by atoms with Gasteiger partial charge in [0.1, 0.15) is 5.82 Å².